The molecule has 0 radical (unpaired) electrons. The highest BCUT2D eigenvalue weighted by molar-refractivity contribution is 5.94. The van der Waals surface area contributed by atoms with Gasteiger partial charge < -0.3 is 9.80 Å². The van der Waals surface area contributed by atoms with Crippen LogP contribution in [0.1, 0.15) is 25.7 Å². The van der Waals surface area contributed by atoms with Crippen molar-refractivity contribution in [3.63, 3.8) is 0 Å². The summed E-state index contributed by atoms with van der Waals surface area (Å²) in [6, 6.07) is -0.426. The highest BCUT2D eigenvalue weighted by Gasteiger charge is 2.37. The van der Waals surface area contributed by atoms with E-state index in [2.05, 4.69) is 0 Å². The zero-order valence-electron chi connectivity index (χ0n) is 11.0. The van der Waals surface area contributed by atoms with Gasteiger partial charge in [0.15, 0.2) is 0 Å². The van der Waals surface area contributed by atoms with E-state index in [1.54, 1.807) is 9.80 Å². The number of halogens is 3. The molecule has 0 bridgehead atoms. The number of amides is 1. The molecule has 0 aromatic carbocycles. The fourth-order valence-electron chi connectivity index (χ4n) is 2.64. The van der Waals surface area contributed by atoms with Gasteiger partial charge in [0.1, 0.15) is 6.04 Å². The van der Waals surface area contributed by atoms with E-state index in [9.17, 15) is 22.8 Å². The van der Waals surface area contributed by atoms with Crippen molar-refractivity contribution in [1.29, 1.82) is 0 Å². The van der Waals surface area contributed by atoms with Crippen LogP contribution < -0.4 is 0 Å². The molecule has 0 aromatic rings. The molecule has 112 valence electrons. The molecule has 0 N–H and O–H groups in total. The zero-order chi connectivity index (χ0) is 14.8. The molecular weight excluding hydrogens is 273 g/mol. The van der Waals surface area contributed by atoms with Crippen molar-refractivity contribution in [2.75, 3.05) is 19.6 Å². The highest BCUT2D eigenvalue weighted by Crippen LogP contribution is 2.23. The second-order valence-corrected chi connectivity index (χ2v) is 5.11. The number of nitrogens with zero attached hydrogens (tertiary/aromatic N) is 2. The number of carbonyl (C=O) groups is 2. The smallest absolute Gasteiger partial charge is 0.365 e. The Bertz CT molecular complexity index is 414. The van der Waals surface area contributed by atoms with Gasteiger partial charge in [0, 0.05) is 31.9 Å². The van der Waals surface area contributed by atoms with E-state index in [1.165, 1.54) is 0 Å². The Morgan fingerprint density at radius 2 is 1.70 bits per heavy atom. The Labute approximate surface area is 115 Å². The van der Waals surface area contributed by atoms with Gasteiger partial charge in [0.05, 0.1) is 0 Å². The lowest BCUT2D eigenvalue weighted by molar-refractivity contribution is -0.165. The number of allylic oxidation sites excluding steroid dienone is 1. The molecule has 0 spiro atoms. The van der Waals surface area contributed by atoms with Gasteiger partial charge in [-0.3, -0.25) is 9.59 Å². The fraction of sp³-hybridized carbons (Fsp3) is 0.692. The summed E-state index contributed by atoms with van der Waals surface area (Å²) in [5.74, 6) is -1.93. The summed E-state index contributed by atoms with van der Waals surface area (Å²) in [6.07, 6.45) is 0.0815. The second kappa shape index (κ2) is 5.85. The predicted octanol–water partition coefficient (Wildman–Crippen LogP) is 1.72. The molecule has 2 aliphatic rings. The van der Waals surface area contributed by atoms with Crippen molar-refractivity contribution >= 4 is 11.7 Å². The van der Waals surface area contributed by atoms with Crippen LogP contribution in [0.15, 0.2) is 12.3 Å². The third kappa shape index (κ3) is 3.32. The summed E-state index contributed by atoms with van der Waals surface area (Å²) < 4.78 is 36.4. The molecule has 1 amide bonds. The molecule has 2 heterocycles. The molecule has 4 nitrogen and oxygen atoms in total. The van der Waals surface area contributed by atoms with Crippen LogP contribution in [0.2, 0.25) is 0 Å². The maximum atomic E-state index is 12.2. The van der Waals surface area contributed by atoms with Crippen LogP contribution in [0.5, 0.6) is 0 Å². The minimum Gasteiger partial charge on any atom is -0.365 e. The van der Waals surface area contributed by atoms with Crippen LogP contribution in [0.3, 0.4) is 0 Å². The molecule has 2 saturated heterocycles. The van der Waals surface area contributed by atoms with Gasteiger partial charge in [0.25, 0.3) is 5.78 Å². The number of rotatable bonds is 3. The lowest BCUT2D eigenvalue weighted by Crippen LogP contribution is -2.42. The first kappa shape index (κ1) is 14.9. The van der Waals surface area contributed by atoms with Crippen molar-refractivity contribution in [3.05, 3.63) is 12.3 Å². The topological polar surface area (TPSA) is 40.6 Å². The summed E-state index contributed by atoms with van der Waals surface area (Å²) >= 11 is 0. The summed E-state index contributed by atoms with van der Waals surface area (Å²) in [5.41, 5.74) is 0. The first-order chi connectivity index (χ1) is 9.39. The van der Waals surface area contributed by atoms with Crippen LogP contribution in [-0.4, -0.2) is 53.3 Å². The van der Waals surface area contributed by atoms with E-state index in [0.29, 0.717) is 32.1 Å². The maximum Gasteiger partial charge on any atom is 0.454 e. The van der Waals surface area contributed by atoms with E-state index >= 15 is 0 Å². The molecular formula is C13H17F3N2O2. The van der Waals surface area contributed by atoms with Crippen molar-refractivity contribution in [1.82, 2.24) is 9.80 Å². The fourth-order valence-corrected chi connectivity index (χ4v) is 2.64. The molecule has 7 heteroatoms. The molecule has 2 aliphatic heterocycles. The Hall–Kier alpha value is -1.53. The lowest BCUT2D eigenvalue weighted by atomic mass is 10.2. The van der Waals surface area contributed by atoms with E-state index in [-0.39, 0.29) is 5.91 Å². The zero-order valence-corrected chi connectivity index (χ0v) is 11.0. The third-order valence-corrected chi connectivity index (χ3v) is 3.69. The molecule has 20 heavy (non-hydrogen) atoms. The SMILES string of the molecule is O=C(C1CCCN1/C=C/C(=O)C(F)(F)F)N1CCCC1. The summed E-state index contributed by atoms with van der Waals surface area (Å²) in [6.45, 7) is 1.94. The van der Waals surface area contributed by atoms with E-state index < -0.39 is 18.0 Å². The van der Waals surface area contributed by atoms with Crippen LogP contribution >= 0.6 is 0 Å². The largest absolute Gasteiger partial charge is 0.454 e. The van der Waals surface area contributed by atoms with E-state index in [1.807, 2.05) is 0 Å². The Kier molecular flexibility index (Phi) is 4.35. The maximum absolute atomic E-state index is 12.2. The highest BCUT2D eigenvalue weighted by atomic mass is 19.4. The third-order valence-electron chi connectivity index (χ3n) is 3.69. The minimum atomic E-state index is -4.86. The van der Waals surface area contributed by atoms with Crippen molar-refractivity contribution < 1.29 is 22.8 Å². The molecule has 0 aliphatic carbocycles. The van der Waals surface area contributed by atoms with Crippen LogP contribution in [0.4, 0.5) is 13.2 Å². The van der Waals surface area contributed by atoms with E-state index in [0.717, 1.165) is 25.5 Å². The first-order valence-electron chi connectivity index (χ1n) is 6.73. The van der Waals surface area contributed by atoms with Gasteiger partial charge >= 0.3 is 6.18 Å². The lowest BCUT2D eigenvalue weighted by Gasteiger charge is -2.26. The monoisotopic (exact) mass is 290 g/mol. The minimum absolute atomic E-state index is 0.0379. The Balaban J connectivity index is 1.98. The average Bonchev–Trinajstić information content (AvgIpc) is 3.04. The molecule has 0 saturated carbocycles. The summed E-state index contributed by atoms with van der Waals surface area (Å²) in [4.78, 5) is 26.4. The van der Waals surface area contributed by atoms with Gasteiger partial charge in [-0.2, -0.15) is 13.2 Å². The number of likely N-dealkylation sites (tertiary alicyclic amines) is 2. The van der Waals surface area contributed by atoms with Crippen LogP contribution in [0, 0.1) is 0 Å². The molecule has 2 rings (SSSR count). The van der Waals surface area contributed by atoms with Crippen LogP contribution in [0.25, 0.3) is 0 Å². The number of carbonyl (C=O) groups excluding carboxylic acids is 2. The summed E-state index contributed by atoms with van der Waals surface area (Å²) in [7, 11) is 0. The molecule has 0 aromatic heterocycles. The average molecular weight is 290 g/mol. The van der Waals surface area contributed by atoms with Gasteiger partial charge in [-0.25, -0.2) is 0 Å². The molecule has 1 unspecified atom stereocenters. The van der Waals surface area contributed by atoms with Crippen molar-refractivity contribution in [3.8, 4) is 0 Å². The van der Waals surface area contributed by atoms with Gasteiger partial charge in [-0.1, -0.05) is 0 Å². The first-order valence-corrected chi connectivity index (χ1v) is 6.73. The summed E-state index contributed by atoms with van der Waals surface area (Å²) in [5, 5.41) is 0. The molecule has 2 fully saturated rings. The molecule has 1 atom stereocenters. The number of alkyl halides is 3. The standard InChI is InChI=1S/C13H17F3N2O2/c14-13(15,16)11(19)5-9-17-8-3-4-10(17)12(20)18-6-1-2-7-18/h5,9-10H,1-4,6-8H2/b9-5+. The number of ketones is 1. The normalized spacial score (nSPS) is 23.9. The number of hydrogen-bond acceptors (Lipinski definition) is 3. The Morgan fingerprint density at radius 1 is 1.05 bits per heavy atom. The van der Waals surface area contributed by atoms with Gasteiger partial charge in [-0.15, -0.1) is 0 Å². The van der Waals surface area contributed by atoms with Crippen molar-refractivity contribution in [2.24, 2.45) is 0 Å². The quantitative estimate of drug-likeness (QED) is 0.743. The Morgan fingerprint density at radius 3 is 2.30 bits per heavy atom. The van der Waals surface area contributed by atoms with E-state index in [4.69, 9.17) is 0 Å². The number of hydrogen-bond donors (Lipinski definition) is 0. The second-order valence-electron chi connectivity index (χ2n) is 5.11. The predicted molar refractivity (Wildman–Crippen MR) is 65.7 cm³/mol. The van der Waals surface area contributed by atoms with Crippen molar-refractivity contribution in [2.45, 2.75) is 37.9 Å². The van der Waals surface area contributed by atoms with Gasteiger partial charge in [-0.05, 0) is 25.7 Å². The van der Waals surface area contributed by atoms with Gasteiger partial charge in [0.2, 0.25) is 5.91 Å². The van der Waals surface area contributed by atoms with Crippen LogP contribution in [-0.2, 0) is 9.59 Å².